The number of nitrogens with zero attached hydrogens (tertiary/aromatic N) is 2. The van der Waals surface area contributed by atoms with Gasteiger partial charge < -0.3 is 9.47 Å². The van der Waals surface area contributed by atoms with Crippen LogP contribution in [0.25, 0.3) is 0 Å². The van der Waals surface area contributed by atoms with Gasteiger partial charge in [0.25, 0.3) is 5.69 Å². The Labute approximate surface area is 181 Å². The van der Waals surface area contributed by atoms with Gasteiger partial charge in [-0.25, -0.2) is 5.01 Å². The van der Waals surface area contributed by atoms with E-state index < -0.39 is 4.92 Å². The second-order valence-corrected chi connectivity index (χ2v) is 7.38. The fraction of sp³-hybridized carbons (Fsp3) is 0.250. The highest BCUT2D eigenvalue weighted by Gasteiger charge is 2.34. The lowest BCUT2D eigenvalue weighted by Gasteiger charge is -2.23. The van der Waals surface area contributed by atoms with E-state index in [1.165, 1.54) is 17.7 Å². The summed E-state index contributed by atoms with van der Waals surface area (Å²) in [6, 6.07) is 26.6. The average molecular weight is 419 g/mol. The standard InChI is InChI=1S/C24H25N3O4/c28-27(29)21-11-13-22(14-12-21)30-18-23-17-26(24(31-23)20-9-5-2-6-10-20)25-16-15-19-7-3-1-4-8-19/h1-14,23-25H,15-18H2. The van der Waals surface area contributed by atoms with Crippen molar-refractivity contribution in [3.05, 3.63) is 106 Å². The quantitative estimate of drug-likeness (QED) is 0.415. The van der Waals surface area contributed by atoms with E-state index in [1.807, 2.05) is 36.4 Å². The van der Waals surface area contributed by atoms with E-state index in [0.29, 0.717) is 18.9 Å². The minimum absolute atomic E-state index is 0.0439. The third-order valence-electron chi connectivity index (χ3n) is 5.14. The summed E-state index contributed by atoms with van der Waals surface area (Å²) in [5.41, 5.74) is 5.91. The number of benzene rings is 3. The summed E-state index contributed by atoms with van der Waals surface area (Å²) in [7, 11) is 0. The third kappa shape index (κ3) is 5.67. The number of nitrogens with one attached hydrogen (secondary N) is 1. The molecule has 3 aromatic rings. The van der Waals surface area contributed by atoms with Crippen molar-refractivity contribution in [1.29, 1.82) is 0 Å². The van der Waals surface area contributed by atoms with E-state index in [9.17, 15) is 10.1 Å². The summed E-state index contributed by atoms with van der Waals surface area (Å²) in [5, 5.41) is 12.9. The molecule has 0 saturated carbocycles. The molecule has 0 amide bonds. The van der Waals surface area contributed by atoms with Gasteiger partial charge in [-0.05, 0) is 29.7 Å². The summed E-state index contributed by atoms with van der Waals surface area (Å²) >= 11 is 0. The molecule has 0 aromatic heterocycles. The van der Waals surface area contributed by atoms with Crippen LogP contribution in [-0.2, 0) is 11.2 Å². The fourth-order valence-electron chi connectivity index (χ4n) is 3.57. The maximum Gasteiger partial charge on any atom is 0.269 e. The Morgan fingerprint density at radius 2 is 1.68 bits per heavy atom. The van der Waals surface area contributed by atoms with E-state index in [2.05, 4.69) is 34.7 Å². The molecule has 3 aromatic carbocycles. The highest BCUT2D eigenvalue weighted by Crippen LogP contribution is 2.29. The van der Waals surface area contributed by atoms with Crippen LogP contribution >= 0.6 is 0 Å². The second kappa shape index (κ2) is 10.2. The van der Waals surface area contributed by atoms with Gasteiger partial charge in [0.15, 0.2) is 0 Å². The molecule has 0 aliphatic carbocycles. The van der Waals surface area contributed by atoms with Crippen LogP contribution in [0.15, 0.2) is 84.9 Å². The second-order valence-electron chi connectivity index (χ2n) is 7.38. The average Bonchev–Trinajstić information content (AvgIpc) is 3.22. The zero-order valence-corrected chi connectivity index (χ0v) is 17.1. The molecule has 0 bridgehead atoms. The van der Waals surface area contributed by atoms with Crippen molar-refractivity contribution in [3.8, 4) is 5.75 Å². The lowest BCUT2D eigenvalue weighted by Crippen LogP contribution is -2.40. The molecular formula is C24H25N3O4. The molecule has 1 heterocycles. The van der Waals surface area contributed by atoms with Crippen LogP contribution in [0.5, 0.6) is 5.75 Å². The highest BCUT2D eigenvalue weighted by molar-refractivity contribution is 5.36. The zero-order chi connectivity index (χ0) is 21.5. The van der Waals surface area contributed by atoms with Crippen molar-refractivity contribution in [3.63, 3.8) is 0 Å². The summed E-state index contributed by atoms with van der Waals surface area (Å²) in [5.74, 6) is 0.584. The number of nitro benzene ring substituents is 1. The molecule has 0 spiro atoms. The van der Waals surface area contributed by atoms with Crippen LogP contribution in [0.3, 0.4) is 0 Å². The lowest BCUT2D eigenvalue weighted by molar-refractivity contribution is -0.384. The smallest absolute Gasteiger partial charge is 0.269 e. The van der Waals surface area contributed by atoms with Gasteiger partial charge in [0, 0.05) is 25.2 Å². The molecule has 1 aliphatic rings. The number of rotatable bonds is 9. The molecule has 31 heavy (non-hydrogen) atoms. The van der Waals surface area contributed by atoms with Crippen LogP contribution in [0.2, 0.25) is 0 Å². The lowest BCUT2D eigenvalue weighted by atomic mass is 10.1. The molecule has 1 N–H and O–H groups in total. The Morgan fingerprint density at radius 1 is 1.00 bits per heavy atom. The van der Waals surface area contributed by atoms with Crippen molar-refractivity contribution in [2.24, 2.45) is 0 Å². The topological polar surface area (TPSA) is 76.9 Å². The predicted octanol–water partition coefficient (Wildman–Crippen LogP) is 4.12. The van der Waals surface area contributed by atoms with Crippen LogP contribution in [0.4, 0.5) is 5.69 Å². The molecule has 7 nitrogen and oxygen atoms in total. The van der Waals surface area contributed by atoms with Gasteiger partial charge in [-0.1, -0.05) is 60.7 Å². The number of ether oxygens (including phenoxy) is 2. The van der Waals surface area contributed by atoms with Crippen LogP contribution < -0.4 is 10.2 Å². The van der Waals surface area contributed by atoms with Gasteiger partial charge in [-0.2, -0.15) is 0 Å². The Hall–Kier alpha value is -3.26. The SMILES string of the molecule is O=[N+]([O-])c1ccc(OCC2CN(NCCc3ccccc3)C(c3ccccc3)O2)cc1. The summed E-state index contributed by atoms with van der Waals surface area (Å²) in [6.45, 7) is 1.83. The van der Waals surface area contributed by atoms with Crippen LogP contribution in [-0.4, -0.2) is 35.7 Å². The minimum Gasteiger partial charge on any atom is -0.491 e. The Bertz CT molecular complexity index is 967. The van der Waals surface area contributed by atoms with Gasteiger partial charge in [0.2, 0.25) is 0 Å². The largest absolute Gasteiger partial charge is 0.491 e. The van der Waals surface area contributed by atoms with E-state index in [0.717, 1.165) is 18.5 Å². The van der Waals surface area contributed by atoms with E-state index in [-0.39, 0.29) is 18.0 Å². The van der Waals surface area contributed by atoms with Gasteiger partial charge in [0.1, 0.15) is 24.7 Å². The molecule has 0 radical (unpaired) electrons. The molecule has 160 valence electrons. The van der Waals surface area contributed by atoms with Gasteiger partial charge >= 0.3 is 0 Å². The maximum atomic E-state index is 10.8. The van der Waals surface area contributed by atoms with Crippen molar-refractivity contribution >= 4 is 5.69 Å². The molecule has 2 atom stereocenters. The molecule has 7 heteroatoms. The maximum absolute atomic E-state index is 10.8. The Morgan fingerprint density at radius 3 is 2.35 bits per heavy atom. The third-order valence-corrected chi connectivity index (χ3v) is 5.14. The van der Waals surface area contributed by atoms with Gasteiger partial charge in [0.05, 0.1) is 4.92 Å². The number of non-ortho nitro benzene ring substituents is 1. The molecule has 1 aliphatic heterocycles. The first-order valence-electron chi connectivity index (χ1n) is 10.3. The molecule has 4 rings (SSSR count). The number of hydrogen-bond acceptors (Lipinski definition) is 6. The van der Waals surface area contributed by atoms with E-state index in [1.54, 1.807) is 12.1 Å². The predicted molar refractivity (Wildman–Crippen MR) is 118 cm³/mol. The monoisotopic (exact) mass is 419 g/mol. The first kappa shape index (κ1) is 21.0. The normalized spacial score (nSPS) is 18.7. The first-order valence-corrected chi connectivity index (χ1v) is 10.3. The Kier molecular flexibility index (Phi) is 6.89. The van der Waals surface area contributed by atoms with Gasteiger partial charge in [-0.3, -0.25) is 15.5 Å². The molecule has 1 saturated heterocycles. The van der Waals surface area contributed by atoms with Crippen molar-refractivity contribution in [2.45, 2.75) is 18.8 Å². The molecular weight excluding hydrogens is 394 g/mol. The van der Waals surface area contributed by atoms with Crippen molar-refractivity contribution in [1.82, 2.24) is 10.4 Å². The summed E-state index contributed by atoms with van der Waals surface area (Å²) in [6.07, 6.45) is 0.579. The van der Waals surface area contributed by atoms with Crippen molar-refractivity contribution < 1.29 is 14.4 Å². The summed E-state index contributed by atoms with van der Waals surface area (Å²) < 4.78 is 12.1. The minimum atomic E-state index is -0.423. The van der Waals surface area contributed by atoms with Crippen LogP contribution in [0.1, 0.15) is 17.4 Å². The summed E-state index contributed by atoms with van der Waals surface area (Å²) in [4.78, 5) is 10.4. The van der Waals surface area contributed by atoms with Crippen molar-refractivity contribution in [2.75, 3.05) is 19.7 Å². The van der Waals surface area contributed by atoms with E-state index >= 15 is 0 Å². The van der Waals surface area contributed by atoms with Gasteiger partial charge in [-0.15, -0.1) is 0 Å². The Balaban J connectivity index is 1.36. The van der Waals surface area contributed by atoms with Crippen LogP contribution in [0, 0.1) is 10.1 Å². The molecule has 1 fully saturated rings. The number of hydrazine groups is 1. The highest BCUT2D eigenvalue weighted by atomic mass is 16.6. The zero-order valence-electron chi connectivity index (χ0n) is 17.1. The van der Waals surface area contributed by atoms with E-state index in [4.69, 9.17) is 9.47 Å². The molecule has 2 unspecified atom stereocenters. The fourth-order valence-corrected chi connectivity index (χ4v) is 3.57. The first-order chi connectivity index (χ1) is 15.2. The number of nitro groups is 1. The number of hydrogen-bond donors (Lipinski definition) is 1.